The molecule has 0 radical (unpaired) electrons. The molecule has 0 aliphatic heterocycles. The zero-order chi connectivity index (χ0) is 11.4. The van der Waals surface area contributed by atoms with Crippen LogP contribution in [-0.2, 0) is 14.3 Å². The Kier molecular flexibility index (Phi) is 11.3. The molecule has 0 saturated carbocycles. The SMILES string of the molecule is CCCCCCC(=O)CCOCCOC. The minimum atomic E-state index is 0.323. The van der Waals surface area contributed by atoms with Crippen LogP contribution in [0.5, 0.6) is 0 Å². The number of Topliss-reactive ketones (excluding diaryl/α,β-unsaturated/α-hetero) is 1. The maximum atomic E-state index is 11.3. The number of ether oxygens (including phenoxy) is 2. The van der Waals surface area contributed by atoms with Crippen molar-refractivity contribution in [1.29, 1.82) is 0 Å². The summed E-state index contributed by atoms with van der Waals surface area (Å²) in [4.78, 5) is 11.3. The molecule has 0 aromatic carbocycles. The Morgan fingerprint density at radius 3 is 2.47 bits per heavy atom. The van der Waals surface area contributed by atoms with Gasteiger partial charge in [0.15, 0.2) is 0 Å². The van der Waals surface area contributed by atoms with Gasteiger partial charge in [-0.1, -0.05) is 26.2 Å². The van der Waals surface area contributed by atoms with Gasteiger partial charge in [-0.25, -0.2) is 0 Å². The van der Waals surface area contributed by atoms with E-state index in [9.17, 15) is 4.79 Å². The number of carbonyl (C=O) groups excluding carboxylic acids is 1. The van der Waals surface area contributed by atoms with Crippen molar-refractivity contribution in [3.8, 4) is 0 Å². The average Bonchev–Trinajstić information content (AvgIpc) is 2.24. The number of methoxy groups -OCH3 is 1. The number of hydrogen-bond donors (Lipinski definition) is 0. The third-order valence-corrected chi connectivity index (χ3v) is 2.27. The molecule has 0 spiro atoms. The van der Waals surface area contributed by atoms with Crippen LogP contribution < -0.4 is 0 Å². The summed E-state index contributed by atoms with van der Waals surface area (Å²) in [5, 5.41) is 0. The van der Waals surface area contributed by atoms with Crippen LogP contribution in [-0.4, -0.2) is 32.7 Å². The third kappa shape index (κ3) is 11.5. The van der Waals surface area contributed by atoms with Gasteiger partial charge in [-0.2, -0.15) is 0 Å². The Hall–Kier alpha value is -0.410. The number of carbonyl (C=O) groups is 1. The van der Waals surface area contributed by atoms with E-state index in [1.165, 1.54) is 19.3 Å². The zero-order valence-corrected chi connectivity index (χ0v) is 10.1. The second kappa shape index (κ2) is 11.7. The maximum absolute atomic E-state index is 11.3. The first-order valence-electron chi connectivity index (χ1n) is 5.89. The fourth-order valence-electron chi connectivity index (χ4n) is 1.30. The lowest BCUT2D eigenvalue weighted by Gasteiger charge is -2.03. The summed E-state index contributed by atoms with van der Waals surface area (Å²) in [6.45, 7) is 3.89. The molecular weight excluding hydrogens is 192 g/mol. The largest absolute Gasteiger partial charge is 0.382 e. The van der Waals surface area contributed by atoms with Gasteiger partial charge < -0.3 is 9.47 Å². The van der Waals surface area contributed by atoms with Crippen LogP contribution in [0.3, 0.4) is 0 Å². The topological polar surface area (TPSA) is 35.5 Å². The summed E-state index contributed by atoms with van der Waals surface area (Å²) in [7, 11) is 1.64. The van der Waals surface area contributed by atoms with Crippen LogP contribution >= 0.6 is 0 Å². The molecule has 0 N–H and O–H groups in total. The Bertz CT molecular complexity index is 146. The predicted octanol–water partition coefficient (Wildman–Crippen LogP) is 2.58. The molecule has 0 atom stereocenters. The van der Waals surface area contributed by atoms with Crippen molar-refractivity contribution in [1.82, 2.24) is 0 Å². The van der Waals surface area contributed by atoms with Crippen LogP contribution in [0, 0.1) is 0 Å². The summed E-state index contributed by atoms with van der Waals surface area (Å²) >= 11 is 0. The first kappa shape index (κ1) is 14.6. The minimum absolute atomic E-state index is 0.323. The van der Waals surface area contributed by atoms with Gasteiger partial charge >= 0.3 is 0 Å². The van der Waals surface area contributed by atoms with Crippen LogP contribution in [0.15, 0.2) is 0 Å². The van der Waals surface area contributed by atoms with Gasteiger partial charge in [-0.3, -0.25) is 4.79 Å². The number of hydrogen-bond acceptors (Lipinski definition) is 3. The molecule has 0 aromatic rings. The molecule has 3 heteroatoms. The lowest BCUT2D eigenvalue weighted by Crippen LogP contribution is -2.07. The highest BCUT2D eigenvalue weighted by Crippen LogP contribution is 2.04. The monoisotopic (exact) mass is 216 g/mol. The van der Waals surface area contributed by atoms with Crippen LogP contribution in [0.25, 0.3) is 0 Å². The van der Waals surface area contributed by atoms with Gasteiger partial charge in [-0.15, -0.1) is 0 Å². The molecule has 0 bridgehead atoms. The molecule has 0 fully saturated rings. The van der Waals surface area contributed by atoms with E-state index in [1.807, 2.05) is 0 Å². The van der Waals surface area contributed by atoms with E-state index in [1.54, 1.807) is 7.11 Å². The van der Waals surface area contributed by atoms with Crippen molar-refractivity contribution in [2.24, 2.45) is 0 Å². The van der Waals surface area contributed by atoms with Gasteiger partial charge in [0.2, 0.25) is 0 Å². The number of ketones is 1. The summed E-state index contributed by atoms with van der Waals surface area (Å²) in [5.74, 6) is 0.323. The fraction of sp³-hybridized carbons (Fsp3) is 0.917. The van der Waals surface area contributed by atoms with Crippen molar-refractivity contribution in [3.63, 3.8) is 0 Å². The molecule has 90 valence electrons. The highest BCUT2D eigenvalue weighted by atomic mass is 16.5. The Labute approximate surface area is 93.1 Å². The van der Waals surface area contributed by atoms with E-state index < -0.39 is 0 Å². The minimum Gasteiger partial charge on any atom is -0.382 e. The van der Waals surface area contributed by atoms with E-state index in [0.29, 0.717) is 38.4 Å². The van der Waals surface area contributed by atoms with Crippen LogP contribution in [0.2, 0.25) is 0 Å². The van der Waals surface area contributed by atoms with E-state index in [-0.39, 0.29) is 0 Å². The second-order valence-corrected chi connectivity index (χ2v) is 3.70. The molecule has 0 saturated heterocycles. The molecule has 0 aromatic heterocycles. The smallest absolute Gasteiger partial charge is 0.135 e. The number of unbranched alkanes of at least 4 members (excludes halogenated alkanes) is 3. The molecule has 3 nitrogen and oxygen atoms in total. The van der Waals surface area contributed by atoms with E-state index in [2.05, 4.69) is 6.92 Å². The van der Waals surface area contributed by atoms with E-state index >= 15 is 0 Å². The van der Waals surface area contributed by atoms with Crippen molar-refractivity contribution in [3.05, 3.63) is 0 Å². The summed E-state index contributed by atoms with van der Waals surface area (Å²) in [5.41, 5.74) is 0. The van der Waals surface area contributed by atoms with Crippen LogP contribution in [0.4, 0.5) is 0 Å². The van der Waals surface area contributed by atoms with Crippen molar-refractivity contribution < 1.29 is 14.3 Å². The Balaban J connectivity index is 3.11. The summed E-state index contributed by atoms with van der Waals surface area (Å²) < 4.78 is 10.1. The van der Waals surface area contributed by atoms with Crippen molar-refractivity contribution in [2.75, 3.05) is 26.9 Å². The highest BCUT2D eigenvalue weighted by molar-refractivity contribution is 5.78. The maximum Gasteiger partial charge on any atom is 0.135 e. The standard InChI is InChI=1S/C12H24O3/c1-3-4-5-6-7-12(13)8-9-15-11-10-14-2/h3-11H2,1-2H3. The predicted molar refractivity (Wildman–Crippen MR) is 61.1 cm³/mol. The Morgan fingerprint density at radius 1 is 1.00 bits per heavy atom. The second-order valence-electron chi connectivity index (χ2n) is 3.70. The lowest BCUT2D eigenvalue weighted by atomic mass is 10.1. The van der Waals surface area contributed by atoms with Crippen molar-refractivity contribution >= 4 is 5.78 Å². The molecule has 0 unspecified atom stereocenters. The van der Waals surface area contributed by atoms with Crippen molar-refractivity contribution in [2.45, 2.75) is 45.4 Å². The highest BCUT2D eigenvalue weighted by Gasteiger charge is 2.01. The zero-order valence-electron chi connectivity index (χ0n) is 10.1. The average molecular weight is 216 g/mol. The van der Waals surface area contributed by atoms with Gasteiger partial charge in [0.25, 0.3) is 0 Å². The van der Waals surface area contributed by atoms with E-state index in [0.717, 1.165) is 6.42 Å². The summed E-state index contributed by atoms with van der Waals surface area (Å²) in [6.07, 6.45) is 5.92. The molecule has 0 amide bonds. The first-order valence-corrected chi connectivity index (χ1v) is 5.89. The van der Waals surface area contributed by atoms with Gasteiger partial charge in [0.1, 0.15) is 5.78 Å². The molecule has 0 rings (SSSR count). The first-order chi connectivity index (χ1) is 7.31. The normalized spacial score (nSPS) is 10.5. The molecule has 15 heavy (non-hydrogen) atoms. The number of rotatable bonds is 11. The lowest BCUT2D eigenvalue weighted by molar-refractivity contribution is -0.120. The Morgan fingerprint density at radius 2 is 1.80 bits per heavy atom. The quantitative estimate of drug-likeness (QED) is 0.498. The van der Waals surface area contributed by atoms with Gasteiger partial charge in [0.05, 0.1) is 19.8 Å². The van der Waals surface area contributed by atoms with Crippen LogP contribution in [0.1, 0.15) is 45.4 Å². The molecular formula is C12H24O3. The third-order valence-electron chi connectivity index (χ3n) is 2.27. The van der Waals surface area contributed by atoms with Gasteiger partial charge in [0, 0.05) is 20.0 Å². The summed E-state index contributed by atoms with van der Waals surface area (Å²) in [6, 6.07) is 0. The van der Waals surface area contributed by atoms with E-state index in [4.69, 9.17) is 9.47 Å². The van der Waals surface area contributed by atoms with Gasteiger partial charge in [-0.05, 0) is 6.42 Å². The molecule has 0 heterocycles. The fourth-order valence-corrected chi connectivity index (χ4v) is 1.30. The molecule has 0 aliphatic carbocycles. The molecule has 0 aliphatic rings.